The fourth-order valence-electron chi connectivity index (χ4n) is 3.03. The van der Waals surface area contributed by atoms with Crippen molar-refractivity contribution in [1.29, 1.82) is 0 Å². The van der Waals surface area contributed by atoms with E-state index in [2.05, 4.69) is 22.4 Å². The van der Waals surface area contributed by atoms with Gasteiger partial charge in [-0.3, -0.25) is 0 Å². The molecule has 28 heavy (non-hydrogen) atoms. The predicted octanol–water partition coefficient (Wildman–Crippen LogP) is 5.64. The minimum Gasteiger partial charge on any atom is -0.418 e. The minimum absolute atomic E-state index is 0.309. The molecule has 0 spiro atoms. The van der Waals surface area contributed by atoms with Crippen molar-refractivity contribution in [3.05, 3.63) is 102 Å². The van der Waals surface area contributed by atoms with E-state index in [1.807, 2.05) is 54.6 Å². The Kier molecular flexibility index (Phi) is 5.15. The molecule has 0 saturated carbocycles. The molecule has 0 fully saturated rings. The molecule has 3 aromatic carbocycles. The van der Waals surface area contributed by atoms with Gasteiger partial charge in [-0.2, -0.15) is 0 Å². The lowest BCUT2D eigenvalue weighted by Gasteiger charge is -2.18. The molecule has 0 aliphatic heterocycles. The second-order valence-electron chi connectivity index (χ2n) is 6.46. The van der Waals surface area contributed by atoms with Crippen LogP contribution in [0, 0.1) is 5.82 Å². The van der Waals surface area contributed by atoms with Crippen LogP contribution in [0.1, 0.15) is 30.0 Å². The molecule has 0 aliphatic rings. The molecule has 1 atom stereocenters. The van der Waals surface area contributed by atoms with Crippen LogP contribution in [0.15, 0.2) is 83.3 Å². The lowest BCUT2D eigenvalue weighted by Crippen LogP contribution is -2.14. The van der Waals surface area contributed by atoms with Crippen molar-refractivity contribution in [2.45, 2.75) is 19.4 Å². The largest absolute Gasteiger partial charge is 0.418 e. The third-order valence-corrected chi connectivity index (χ3v) is 4.60. The number of aromatic nitrogens is 2. The molecular formula is C23H20FN3O. The van der Waals surface area contributed by atoms with E-state index in [9.17, 15) is 4.39 Å². The predicted molar refractivity (Wildman–Crippen MR) is 107 cm³/mol. The standard InChI is InChI=1S/C23H20FN3O/c1-2-16-12-14-18(15-13-16)25-21(19-10-6-7-11-20(19)24)23-27-26-22(28-23)17-8-4-3-5-9-17/h3-15,21,25H,2H2,1H3/t21-/m0/s1. The molecule has 0 aliphatic carbocycles. The molecule has 0 radical (unpaired) electrons. The van der Waals surface area contributed by atoms with E-state index in [1.165, 1.54) is 11.6 Å². The number of benzene rings is 3. The maximum Gasteiger partial charge on any atom is 0.247 e. The van der Waals surface area contributed by atoms with Crippen molar-refractivity contribution in [2.24, 2.45) is 0 Å². The first-order valence-electron chi connectivity index (χ1n) is 9.23. The van der Waals surface area contributed by atoms with Crippen molar-refractivity contribution < 1.29 is 8.81 Å². The quantitative estimate of drug-likeness (QED) is 0.475. The summed E-state index contributed by atoms with van der Waals surface area (Å²) in [7, 11) is 0. The van der Waals surface area contributed by atoms with Gasteiger partial charge in [0.25, 0.3) is 0 Å². The zero-order valence-corrected chi connectivity index (χ0v) is 15.5. The molecule has 4 rings (SSSR count). The molecule has 1 N–H and O–H groups in total. The average molecular weight is 373 g/mol. The Bertz CT molecular complexity index is 1040. The number of nitrogens with zero attached hydrogens (tertiary/aromatic N) is 2. The van der Waals surface area contributed by atoms with E-state index in [-0.39, 0.29) is 5.82 Å². The van der Waals surface area contributed by atoms with Crippen molar-refractivity contribution in [3.8, 4) is 11.5 Å². The van der Waals surface area contributed by atoms with Crippen LogP contribution in [-0.2, 0) is 6.42 Å². The zero-order chi connectivity index (χ0) is 19.3. The van der Waals surface area contributed by atoms with Crippen LogP contribution in [0.25, 0.3) is 11.5 Å². The molecule has 0 unspecified atom stereocenters. The number of hydrogen-bond donors (Lipinski definition) is 1. The second-order valence-corrected chi connectivity index (χ2v) is 6.46. The highest BCUT2D eigenvalue weighted by atomic mass is 19.1. The van der Waals surface area contributed by atoms with E-state index < -0.39 is 6.04 Å². The fourth-order valence-corrected chi connectivity index (χ4v) is 3.03. The second kappa shape index (κ2) is 8.05. The van der Waals surface area contributed by atoms with Gasteiger partial charge in [-0.25, -0.2) is 4.39 Å². The van der Waals surface area contributed by atoms with Gasteiger partial charge < -0.3 is 9.73 Å². The van der Waals surface area contributed by atoms with Crippen LogP contribution in [0.2, 0.25) is 0 Å². The van der Waals surface area contributed by atoms with Crippen LogP contribution < -0.4 is 5.32 Å². The highest BCUT2D eigenvalue weighted by Gasteiger charge is 2.24. The van der Waals surface area contributed by atoms with Gasteiger partial charge in [-0.15, -0.1) is 10.2 Å². The van der Waals surface area contributed by atoms with Gasteiger partial charge in [0.15, 0.2) is 0 Å². The molecule has 4 nitrogen and oxygen atoms in total. The Morgan fingerprint density at radius 2 is 1.61 bits per heavy atom. The summed E-state index contributed by atoms with van der Waals surface area (Å²) in [5.41, 5.74) is 3.35. The highest BCUT2D eigenvalue weighted by Crippen LogP contribution is 2.30. The van der Waals surface area contributed by atoms with Gasteiger partial charge >= 0.3 is 0 Å². The smallest absolute Gasteiger partial charge is 0.247 e. The van der Waals surface area contributed by atoms with Crippen LogP contribution in [0.3, 0.4) is 0 Å². The molecule has 0 bridgehead atoms. The lowest BCUT2D eigenvalue weighted by molar-refractivity contribution is 0.485. The SMILES string of the molecule is CCc1ccc(N[C@H](c2nnc(-c3ccccc3)o2)c2ccccc2F)cc1. The van der Waals surface area contributed by atoms with Crippen LogP contribution >= 0.6 is 0 Å². The third kappa shape index (κ3) is 3.78. The topological polar surface area (TPSA) is 51.0 Å². The summed E-state index contributed by atoms with van der Waals surface area (Å²) in [6.45, 7) is 2.11. The number of nitrogens with one attached hydrogen (secondary N) is 1. The third-order valence-electron chi connectivity index (χ3n) is 4.60. The molecule has 1 heterocycles. The Morgan fingerprint density at radius 1 is 0.893 bits per heavy atom. The van der Waals surface area contributed by atoms with Gasteiger partial charge in [-0.05, 0) is 42.3 Å². The summed E-state index contributed by atoms with van der Waals surface area (Å²) >= 11 is 0. The summed E-state index contributed by atoms with van der Waals surface area (Å²) in [6.07, 6.45) is 0.959. The molecule has 5 heteroatoms. The molecular weight excluding hydrogens is 353 g/mol. The van der Waals surface area contributed by atoms with E-state index in [0.717, 1.165) is 17.7 Å². The maximum absolute atomic E-state index is 14.5. The first-order chi connectivity index (χ1) is 13.7. The number of anilines is 1. The Morgan fingerprint density at radius 3 is 2.32 bits per heavy atom. The van der Waals surface area contributed by atoms with Gasteiger partial charge in [0, 0.05) is 16.8 Å². The zero-order valence-electron chi connectivity index (χ0n) is 15.5. The molecule has 0 amide bonds. The molecule has 0 saturated heterocycles. The minimum atomic E-state index is -0.598. The van der Waals surface area contributed by atoms with E-state index in [0.29, 0.717) is 17.3 Å². The summed E-state index contributed by atoms with van der Waals surface area (Å²) < 4.78 is 20.5. The summed E-state index contributed by atoms with van der Waals surface area (Å²) in [4.78, 5) is 0. The van der Waals surface area contributed by atoms with Crippen molar-refractivity contribution >= 4 is 5.69 Å². The summed E-state index contributed by atoms with van der Waals surface area (Å²) in [5.74, 6) is 0.383. The number of rotatable bonds is 6. The first kappa shape index (κ1) is 17.9. The average Bonchev–Trinajstić information content (AvgIpc) is 3.24. The van der Waals surface area contributed by atoms with E-state index in [1.54, 1.807) is 18.2 Å². The normalized spacial score (nSPS) is 11.9. The Hall–Kier alpha value is -3.47. The number of halogens is 1. The van der Waals surface area contributed by atoms with Crippen LogP contribution in [0.4, 0.5) is 10.1 Å². The Labute approximate surface area is 163 Å². The van der Waals surface area contributed by atoms with Gasteiger partial charge in [0.05, 0.1) is 0 Å². The fraction of sp³-hybridized carbons (Fsp3) is 0.130. The molecule has 140 valence electrons. The van der Waals surface area contributed by atoms with Crippen molar-refractivity contribution in [2.75, 3.05) is 5.32 Å². The monoisotopic (exact) mass is 373 g/mol. The number of hydrogen-bond acceptors (Lipinski definition) is 4. The van der Waals surface area contributed by atoms with Crippen LogP contribution in [-0.4, -0.2) is 10.2 Å². The van der Waals surface area contributed by atoms with Gasteiger partial charge in [0.1, 0.15) is 11.9 Å². The van der Waals surface area contributed by atoms with Crippen molar-refractivity contribution in [1.82, 2.24) is 10.2 Å². The van der Waals surface area contributed by atoms with Gasteiger partial charge in [0.2, 0.25) is 11.8 Å². The van der Waals surface area contributed by atoms with Crippen molar-refractivity contribution in [3.63, 3.8) is 0 Å². The maximum atomic E-state index is 14.5. The molecule has 4 aromatic rings. The van der Waals surface area contributed by atoms with E-state index >= 15 is 0 Å². The first-order valence-corrected chi connectivity index (χ1v) is 9.23. The van der Waals surface area contributed by atoms with Crippen LogP contribution in [0.5, 0.6) is 0 Å². The highest BCUT2D eigenvalue weighted by molar-refractivity contribution is 5.53. The summed E-state index contributed by atoms with van der Waals surface area (Å²) in [6, 6.07) is 23.6. The summed E-state index contributed by atoms with van der Waals surface area (Å²) in [5, 5.41) is 11.7. The Balaban J connectivity index is 1.71. The lowest BCUT2D eigenvalue weighted by atomic mass is 10.1. The van der Waals surface area contributed by atoms with Gasteiger partial charge in [-0.1, -0.05) is 55.5 Å². The molecule has 1 aromatic heterocycles. The number of aryl methyl sites for hydroxylation is 1. The van der Waals surface area contributed by atoms with E-state index in [4.69, 9.17) is 4.42 Å².